The number of carbonyl (C=O) groups is 4. The molecule has 0 bridgehead atoms. The van der Waals surface area contributed by atoms with Gasteiger partial charge in [-0.15, -0.1) is 0 Å². The summed E-state index contributed by atoms with van der Waals surface area (Å²) >= 11 is 0. The highest BCUT2D eigenvalue weighted by molar-refractivity contribution is 5.69. The summed E-state index contributed by atoms with van der Waals surface area (Å²) in [5, 5.41) is 5.65. The number of rotatable bonds is 4. The number of hydrogen-bond donors (Lipinski definition) is 2. The van der Waals surface area contributed by atoms with Gasteiger partial charge in [0.25, 0.3) is 0 Å². The van der Waals surface area contributed by atoms with E-state index in [4.69, 9.17) is 9.47 Å². The molecule has 2 rings (SSSR count). The SMILES string of the molecule is CC(C)(C)OC(=O)N[C@@H]1CCCCC[C@@H]1C=O.CC(C)(C)OC(=O)N[C@H]1CCCCC[C@H]1C=O. The predicted octanol–water partition coefficient (Wildman–Crippen LogP) is 5.32. The first-order chi connectivity index (χ1) is 15.8. The molecule has 0 aromatic carbocycles. The Kier molecular flexibility index (Phi) is 12.6. The summed E-state index contributed by atoms with van der Waals surface area (Å²) < 4.78 is 10.4. The average molecular weight is 483 g/mol. The number of alkyl carbamates (subject to hydrolysis) is 2. The van der Waals surface area contributed by atoms with Crippen LogP contribution in [0.1, 0.15) is 106 Å². The summed E-state index contributed by atoms with van der Waals surface area (Å²) in [6.45, 7) is 11.0. The van der Waals surface area contributed by atoms with E-state index in [1.165, 1.54) is 0 Å². The smallest absolute Gasteiger partial charge is 0.407 e. The van der Waals surface area contributed by atoms with Crippen LogP contribution in [0.3, 0.4) is 0 Å². The second-order valence-corrected chi connectivity index (χ2v) is 11.4. The fraction of sp³-hybridized carbons (Fsp3) is 0.846. The molecular formula is C26H46N2O6. The first-order valence-corrected chi connectivity index (χ1v) is 12.7. The van der Waals surface area contributed by atoms with Gasteiger partial charge in [0, 0.05) is 23.9 Å². The molecule has 8 nitrogen and oxygen atoms in total. The van der Waals surface area contributed by atoms with Crippen molar-refractivity contribution in [2.24, 2.45) is 11.8 Å². The highest BCUT2D eigenvalue weighted by atomic mass is 16.6. The number of ether oxygens (including phenoxy) is 2. The molecule has 4 atom stereocenters. The van der Waals surface area contributed by atoms with Crippen molar-refractivity contribution in [1.29, 1.82) is 0 Å². The Morgan fingerprint density at radius 2 is 0.941 bits per heavy atom. The molecule has 0 saturated heterocycles. The highest BCUT2D eigenvalue weighted by Gasteiger charge is 2.28. The van der Waals surface area contributed by atoms with Gasteiger partial charge >= 0.3 is 12.2 Å². The van der Waals surface area contributed by atoms with Gasteiger partial charge in [0.2, 0.25) is 0 Å². The molecule has 34 heavy (non-hydrogen) atoms. The topological polar surface area (TPSA) is 111 Å². The van der Waals surface area contributed by atoms with Crippen molar-refractivity contribution in [3.8, 4) is 0 Å². The molecule has 0 aromatic rings. The summed E-state index contributed by atoms with van der Waals surface area (Å²) in [6, 6.07) is -0.130. The first-order valence-electron chi connectivity index (χ1n) is 12.7. The largest absolute Gasteiger partial charge is 0.444 e. The Balaban J connectivity index is 0.000000340. The van der Waals surface area contributed by atoms with E-state index in [1.54, 1.807) is 0 Å². The van der Waals surface area contributed by atoms with Crippen LogP contribution in [0.15, 0.2) is 0 Å². The molecule has 2 aliphatic rings. The summed E-state index contributed by atoms with van der Waals surface area (Å²) in [5.41, 5.74) is -0.989. The third-order valence-corrected chi connectivity index (χ3v) is 5.89. The normalized spacial score (nSPS) is 25.8. The summed E-state index contributed by atoms with van der Waals surface area (Å²) in [5.74, 6) is -0.130. The van der Waals surface area contributed by atoms with E-state index >= 15 is 0 Å². The number of hydrogen-bond acceptors (Lipinski definition) is 6. The molecule has 8 heteroatoms. The molecule has 2 fully saturated rings. The average Bonchev–Trinajstić information content (AvgIpc) is 3.05. The van der Waals surface area contributed by atoms with Crippen molar-refractivity contribution >= 4 is 24.8 Å². The van der Waals surface area contributed by atoms with Gasteiger partial charge in [0.05, 0.1) is 0 Å². The van der Waals surface area contributed by atoms with Crippen LogP contribution in [-0.2, 0) is 19.1 Å². The van der Waals surface area contributed by atoms with Gasteiger partial charge in [-0.2, -0.15) is 0 Å². The third-order valence-electron chi connectivity index (χ3n) is 5.89. The summed E-state index contributed by atoms with van der Waals surface area (Å²) in [6.07, 6.45) is 11.1. The fourth-order valence-electron chi connectivity index (χ4n) is 4.27. The minimum Gasteiger partial charge on any atom is -0.444 e. The van der Waals surface area contributed by atoms with Gasteiger partial charge in [0.1, 0.15) is 23.8 Å². The molecular weight excluding hydrogens is 436 g/mol. The van der Waals surface area contributed by atoms with E-state index in [2.05, 4.69) is 10.6 Å². The van der Waals surface area contributed by atoms with Crippen molar-refractivity contribution in [1.82, 2.24) is 10.6 Å². The molecule has 196 valence electrons. The van der Waals surface area contributed by atoms with Crippen molar-refractivity contribution in [2.45, 2.75) is 129 Å². The summed E-state index contributed by atoms with van der Waals surface area (Å²) in [4.78, 5) is 45.3. The Morgan fingerprint density at radius 1 is 0.618 bits per heavy atom. The lowest BCUT2D eigenvalue weighted by molar-refractivity contribution is -0.112. The van der Waals surface area contributed by atoms with Crippen molar-refractivity contribution in [3.05, 3.63) is 0 Å². The van der Waals surface area contributed by atoms with Crippen LogP contribution in [0.4, 0.5) is 9.59 Å². The first kappa shape index (κ1) is 29.9. The molecule has 0 aliphatic heterocycles. The van der Waals surface area contributed by atoms with Crippen LogP contribution in [0.2, 0.25) is 0 Å². The molecule has 2 saturated carbocycles. The second kappa shape index (κ2) is 14.3. The number of nitrogens with one attached hydrogen (secondary N) is 2. The lowest BCUT2D eigenvalue weighted by Gasteiger charge is -2.25. The maximum atomic E-state index is 11.7. The molecule has 2 N–H and O–H groups in total. The molecule has 0 aromatic heterocycles. The van der Waals surface area contributed by atoms with E-state index < -0.39 is 23.4 Å². The van der Waals surface area contributed by atoms with Crippen molar-refractivity contribution < 1.29 is 28.7 Å². The fourth-order valence-corrected chi connectivity index (χ4v) is 4.27. The molecule has 0 spiro atoms. The van der Waals surface area contributed by atoms with E-state index in [0.29, 0.717) is 0 Å². The monoisotopic (exact) mass is 482 g/mol. The number of amides is 2. The van der Waals surface area contributed by atoms with E-state index in [0.717, 1.165) is 76.8 Å². The van der Waals surface area contributed by atoms with Gasteiger partial charge in [-0.25, -0.2) is 9.59 Å². The van der Waals surface area contributed by atoms with Crippen molar-refractivity contribution in [2.75, 3.05) is 0 Å². The highest BCUT2D eigenvalue weighted by Crippen LogP contribution is 2.23. The number of aldehydes is 2. The zero-order valence-corrected chi connectivity index (χ0v) is 22.0. The van der Waals surface area contributed by atoms with E-state index in [1.807, 2.05) is 41.5 Å². The van der Waals surface area contributed by atoms with Gasteiger partial charge in [-0.3, -0.25) is 0 Å². The Morgan fingerprint density at radius 3 is 1.24 bits per heavy atom. The van der Waals surface area contributed by atoms with Crippen molar-refractivity contribution in [3.63, 3.8) is 0 Å². The van der Waals surface area contributed by atoms with E-state index in [9.17, 15) is 19.2 Å². The second-order valence-electron chi connectivity index (χ2n) is 11.4. The lowest BCUT2D eigenvalue weighted by Crippen LogP contribution is -2.43. The molecule has 0 heterocycles. The summed E-state index contributed by atoms with van der Waals surface area (Å²) in [7, 11) is 0. The number of carbonyl (C=O) groups excluding carboxylic acids is 4. The molecule has 2 aliphatic carbocycles. The maximum Gasteiger partial charge on any atom is 0.407 e. The van der Waals surface area contributed by atoms with Crippen LogP contribution in [0.5, 0.6) is 0 Å². The molecule has 0 radical (unpaired) electrons. The Hall–Kier alpha value is -2.12. The van der Waals surface area contributed by atoms with Crippen LogP contribution in [0, 0.1) is 11.8 Å². The Labute approximate surface area is 205 Å². The van der Waals surface area contributed by atoms with Gasteiger partial charge < -0.3 is 29.7 Å². The Bertz CT molecular complexity index is 597. The van der Waals surface area contributed by atoms with Crippen LogP contribution < -0.4 is 10.6 Å². The predicted molar refractivity (Wildman–Crippen MR) is 132 cm³/mol. The molecule has 0 unspecified atom stereocenters. The van der Waals surface area contributed by atoms with Crippen LogP contribution in [-0.4, -0.2) is 48.0 Å². The van der Waals surface area contributed by atoms with Crippen LogP contribution in [0.25, 0.3) is 0 Å². The standard InChI is InChI=1S/2C13H23NO3/c2*1-13(2,3)17-12(16)14-11-8-6-4-5-7-10(11)9-15/h2*9-11H,4-8H2,1-3H3,(H,14,16)/t2*10-,11-/m10/s1. The zero-order valence-electron chi connectivity index (χ0n) is 22.0. The van der Waals surface area contributed by atoms with Gasteiger partial charge in [-0.1, -0.05) is 38.5 Å². The lowest BCUT2D eigenvalue weighted by atomic mass is 9.96. The maximum absolute atomic E-state index is 11.7. The molecule has 2 amide bonds. The zero-order chi connectivity index (χ0) is 25.8. The van der Waals surface area contributed by atoms with E-state index in [-0.39, 0.29) is 23.9 Å². The van der Waals surface area contributed by atoms with Gasteiger partial charge in [0.15, 0.2) is 0 Å². The van der Waals surface area contributed by atoms with Crippen LogP contribution >= 0.6 is 0 Å². The minimum atomic E-state index is -0.495. The quantitative estimate of drug-likeness (QED) is 0.414. The third kappa shape index (κ3) is 12.9. The van der Waals surface area contributed by atoms with Gasteiger partial charge in [-0.05, 0) is 67.2 Å². The minimum absolute atomic E-state index is 0.0648.